The molecule has 2 aliphatic heterocycles. The standard InChI is InChI=1S/C23H28FN5O2S2/c1-33(30,31)29-13-11-27(12-14-29)15-18-16-32-22-20(17-5-7-19(24)8-6-17)25-23(26-21(18)22)28-9-3-2-4-10-28/h5-8,16H,2-4,9-15H2,1H3. The zero-order valence-electron chi connectivity index (χ0n) is 18.7. The van der Waals surface area contributed by atoms with Crippen molar-refractivity contribution in [1.29, 1.82) is 0 Å². The Hall–Kier alpha value is -2.14. The fraction of sp³-hybridized carbons (Fsp3) is 0.478. The average molecular weight is 490 g/mol. The summed E-state index contributed by atoms with van der Waals surface area (Å²) in [4.78, 5) is 14.5. The number of aromatic nitrogens is 2. The van der Waals surface area contributed by atoms with Gasteiger partial charge >= 0.3 is 0 Å². The van der Waals surface area contributed by atoms with E-state index in [0.29, 0.717) is 26.2 Å². The molecule has 0 aliphatic carbocycles. The third-order valence-electron chi connectivity index (χ3n) is 6.43. The van der Waals surface area contributed by atoms with Crippen molar-refractivity contribution in [2.24, 2.45) is 0 Å². The number of halogens is 1. The second kappa shape index (κ2) is 9.25. The molecule has 0 atom stereocenters. The predicted molar refractivity (Wildman–Crippen MR) is 131 cm³/mol. The molecule has 2 aromatic heterocycles. The largest absolute Gasteiger partial charge is 0.341 e. The van der Waals surface area contributed by atoms with E-state index >= 15 is 0 Å². The number of anilines is 1. The molecule has 2 aliphatic rings. The van der Waals surface area contributed by atoms with E-state index in [2.05, 4.69) is 15.2 Å². The van der Waals surface area contributed by atoms with E-state index < -0.39 is 10.0 Å². The lowest BCUT2D eigenvalue weighted by Crippen LogP contribution is -2.47. The maximum atomic E-state index is 13.6. The molecule has 0 bridgehead atoms. The van der Waals surface area contributed by atoms with Gasteiger partial charge in [0, 0.05) is 56.9 Å². The van der Waals surface area contributed by atoms with Crippen LogP contribution in [0, 0.1) is 5.82 Å². The maximum absolute atomic E-state index is 13.6. The fourth-order valence-corrected chi connectivity index (χ4v) is 6.40. The fourth-order valence-electron chi connectivity index (χ4n) is 4.56. The van der Waals surface area contributed by atoms with E-state index in [1.54, 1.807) is 27.8 Å². The SMILES string of the molecule is CS(=O)(=O)N1CCN(Cc2csc3c(-c4ccc(F)cc4)nc(N4CCCCC4)nc23)CC1. The third-order valence-corrected chi connectivity index (χ3v) is 8.76. The number of benzene rings is 1. The lowest BCUT2D eigenvalue weighted by atomic mass is 10.1. The summed E-state index contributed by atoms with van der Waals surface area (Å²) >= 11 is 1.62. The van der Waals surface area contributed by atoms with Crippen molar-refractivity contribution >= 4 is 37.5 Å². The van der Waals surface area contributed by atoms with Crippen LogP contribution in [0.5, 0.6) is 0 Å². The lowest BCUT2D eigenvalue weighted by Gasteiger charge is -2.33. The van der Waals surface area contributed by atoms with Crippen molar-refractivity contribution in [3.8, 4) is 11.3 Å². The van der Waals surface area contributed by atoms with Crippen LogP contribution in [0.15, 0.2) is 29.6 Å². The van der Waals surface area contributed by atoms with Crippen LogP contribution >= 0.6 is 11.3 Å². The first kappa shape index (κ1) is 22.6. The van der Waals surface area contributed by atoms with Crippen molar-refractivity contribution in [2.75, 3.05) is 50.4 Å². The molecular weight excluding hydrogens is 461 g/mol. The number of sulfonamides is 1. The van der Waals surface area contributed by atoms with Gasteiger partial charge < -0.3 is 4.90 Å². The molecule has 3 aromatic rings. The normalized spacial score (nSPS) is 18.8. The molecule has 176 valence electrons. The molecule has 2 saturated heterocycles. The molecule has 0 spiro atoms. The zero-order valence-corrected chi connectivity index (χ0v) is 20.3. The van der Waals surface area contributed by atoms with E-state index in [1.165, 1.54) is 24.8 Å². The first-order valence-electron chi connectivity index (χ1n) is 11.3. The van der Waals surface area contributed by atoms with Gasteiger partial charge in [0.05, 0.1) is 22.2 Å². The van der Waals surface area contributed by atoms with Crippen LogP contribution in [0.25, 0.3) is 21.5 Å². The van der Waals surface area contributed by atoms with Crippen molar-refractivity contribution in [1.82, 2.24) is 19.2 Å². The number of thiophene rings is 1. The molecule has 7 nitrogen and oxygen atoms in total. The summed E-state index contributed by atoms with van der Waals surface area (Å²) in [6.07, 6.45) is 4.76. The lowest BCUT2D eigenvalue weighted by molar-refractivity contribution is 0.183. The van der Waals surface area contributed by atoms with Crippen LogP contribution in [-0.2, 0) is 16.6 Å². The van der Waals surface area contributed by atoms with Gasteiger partial charge in [-0.1, -0.05) is 0 Å². The molecule has 0 radical (unpaired) electrons. The van der Waals surface area contributed by atoms with E-state index in [0.717, 1.165) is 65.5 Å². The van der Waals surface area contributed by atoms with E-state index in [1.807, 2.05) is 0 Å². The van der Waals surface area contributed by atoms with Gasteiger partial charge in [-0.3, -0.25) is 4.90 Å². The van der Waals surface area contributed by atoms with E-state index in [4.69, 9.17) is 9.97 Å². The topological polar surface area (TPSA) is 69.6 Å². The zero-order chi connectivity index (χ0) is 23.0. The number of piperidine rings is 1. The molecular formula is C23H28FN5O2S2. The molecule has 4 heterocycles. The monoisotopic (exact) mass is 489 g/mol. The third kappa shape index (κ3) is 4.89. The molecule has 0 unspecified atom stereocenters. The summed E-state index contributed by atoms with van der Waals surface area (Å²) in [7, 11) is -3.15. The summed E-state index contributed by atoms with van der Waals surface area (Å²) in [5, 5.41) is 2.13. The highest BCUT2D eigenvalue weighted by molar-refractivity contribution is 7.88. The highest BCUT2D eigenvalue weighted by Gasteiger charge is 2.25. The van der Waals surface area contributed by atoms with Gasteiger partial charge in [0.15, 0.2) is 0 Å². The molecule has 0 saturated carbocycles. The Balaban J connectivity index is 1.48. The smallest absolute Gasteiger partial charge is 0.226 e. The Morgan fingerprint density at radius 1 is 0.970 bits per heavy atom. The van der Waals surface area contributed by atoms with Crippen LogP contribution in [0.4, 0.5) is 10.3 Å². The maximum Gasteiger partial charge on any atom is 0.226 e. The summed E-state index contributed by atoms with van der Waals surface area (Å²) in [5.41, 5.74) is 3.81. The molecule has 1 aromatic carbocycles. The first-order valence-corrected chi connectivity index (χ1v) is 14.1. The van der Waals surface area contributed by atoms with Crippen molar-refractivity contribution < 1.29 is 12.8 Å². The molecule has 5 rings (SSSR count). The van der Waals surface area contributed by atoms with Crippen molar-refractivity contribution in [2.45, 2.75) is 25.8 Å². The van der Waals surface area contributed by atoms with Gasteiger partial charge in [-0.05, 0) is 48.9 Å². The Bertz CT molecular complexity index is 1230. The summed E-state index contributed by atoms with van der Waals surface area (Å²) in [6.45, 7) is 5.02. The second-order valence-corrected chi connectivity index (χ2v) is 11.7. The van der Waals surface area contributed by atoms with Crippen LogP contribution in [0.2, 0.25) is 0 Å². The molecule has 2 fully saturated rings. The van der Waals surface area contributed by atoms with Crippen LogP contribution in [0.1, 0.15) is 24.8 Å². The van der Waals surface area contributed by atoms with Crippen LogP contribution < -0.4 is 4.90 Å². The number of rotatable bonds is 5. The van der Waals surface area contributed by atoms with Crippen LogP contribution in [-0.4, -0.2) is 73.1 Å². The Morgan fingerprint density at radius 2 is 1.67 bits per heavy atom. The van der Waals surface area contributed by atoms with E-state index in [9.17, 15) is 12.8 Å². The summed E-state index contributed by atoms with van der Waals surface area (Å²) in [6, 6.07) is 6.50. The minimum Gasteiger partial charge on any atom is -0.341 e. The number of fused-ring (bicyclic) bond motifs is 1. The number of hydrogen-bond acceptors (Lipinski definition) is 7. The predicted octanol–water partition coefficient (Wildman–Crippen LogP) is 3.56. The number of hydrogen-bond donors (Lipinski definition) is 0. The van der Waals surface area contributed by atoms with Gasteiger partial charge in [-0.2, -0.15) is 4.31 Å². The van der Waals surface area contributed by atoms with Gasteiger partial charge in [0.25, 0.3) is 0 Å². The first-order chi connectivity index (χ1) is 15.9. The molecule has 0 amide bonds. The van der Waals surface area contributed by atoms with Crippen LogP contribution in [0.3, 0.4) is 0 Å². The summed E-state index contributed by atoms with van der Waals surface area (Å²) in [5.74, 6) is 0.475. The van der Waals surface area contributed by atoms with Gasteiger partial charge in [-0.25, -0.2) is 22.8 Å². The average Bonchev–Trinajstić information content (AvgIpc) is 3.22. The highest BCUT2D eigenvalue weighted by atomic mass is 32.2. The number of piperazine rings is 1. The molecule has 10 heteroatoms. The van der Waals surface area contributed by atoms with Crippen molar-refractivity contribution in [3.63, 3.8) is 0 Å². The molecule has 0 N–H and O–H groups in total. The minimum atomic E-state index is -3.15. The van der Waals surface area contributed by atoms with E-state index in [-0.39, 0.29) is 5.82 Å². The highest BCUT2D eigenvalue weighted by Crippen LogP contribution is 2.35. The number of nitrogens with zero attached hydrogens (tertiary/aromatic N) is 5. The second-order valence-electron chi connectivity index (χ2n) is 8.80. The quantitative estimate of drug-likeness (QED) is 0.546. The Kier molecular flexibility index (Phi) is 6.34. The Morgan fingerprint density at radius 3 is 2.33 bits per heavy atom. The minimum absolute atomic E-state index is 0.264. The van der Waals surface area contributed by atoms with Gasteiger partial charge in [0.2, 0.25) is 16.0 Å². The van der Waals surface area contributed by atoms with Gasteiger partial charge in [0.1, 0.15) is 5.82 Å². The van der Waals surface area contributed by atoms with Crippen molar-refractivity contribution in [3.05, 3.63) is 41.0 Å². The van der Waals surface area contributed by atoms with Gasteiger partial charge in [-0.15, -0.1) is 11.3 Å². The summed E-state index contributed by atoms with van der Waals surface area (Å²) < 4.78 is 39.8. The molecule has 33 heavy (non-hydrogen) atoms. The Labute approximate surface area is 197 Å².